The van der Waals surface area contributed by atoms with Gasteiger partial charge in [-0.2, -0.15) is 5.26 Å². The first-order valence-electron chi connectivity index (χ1n) is 12.8. The van der Waals surface area contributed by atoms with E-state index in [-0.39, 0.29) is 18.0 Å². The molecule has 0 aliphatic carbocycles. The van der Waals surface area contributed by atoms with Crippen molar-refractivity contribution in [2.45, 2.75) is 33.7 Å². The first-order valence-corrected chi connectivity index (χ1v) is 12.8. The van der Waals surface area contributed by atoms with E-state index in [1.807, 2.05) is 38.1 Å². The smallest absolute Gasteiger partial charge is 0.336 e. The number of amides is 2. The fourth-order valence-corrected chi connectivity index (χ4v) is 4.76. The number of nitriles is 1. The molecule has 39 heavy (non-hydrogen) atoms. The second kappa shape index (κ2) is 11.7. The molecule has 0 unspecified atom stereocenters. The van der Waals surface area contributed by atoms with Crippen molar-refractivity contribution in [2.75, 3.05) is 13.1 Å². The van der Waals surface area contributed by atoms with Crippen LogP contribution >= 0.6 is 0 Å². The van der Waals surface area contributed by atoms with Gasteiger partial charge in [-0.25, -0.2) is 4.79 Å². The molecular weight excluding hydrogens is 492 g/mol. The van der Waals surface area contributed by atoms with Crippen LogP contribution in [0.15, 0.2) is 60.8 Å². The number of carbonyl (C=O) groups excluding carboxylic acids is 2. The van der Waals surface area contributed by atoms with E-state index in [4.69, 9.17) is 0 Å². The molecule has 0 radical (unpaired) electrons. The molecule has 1 aromatic heterocycles. The molecule has 4 rings (SSSR count). The number of aryl methyl sites for hydroxylation is 2. The molecule has 3 aromatic carbocycles. The number of carboxylic acids is 1. The molecule has 3 N–H and O–H groups in total. The second-order valence-electron chi connectivity index (χ2n) is 9.32. The Labute approximate surface area is 226 Å². The van der Waals surface area contributed by atoms with Crippen LogP contribution in [-0.4, -0.2) is 40.5 Å². The first-order chi connectivity index (χ1) is 18.7. The number of fused-ring (bicyclic) bond motifs is 1. The molecule has 198 valence electrons. The van der Waals surface area contributed by atoms with Crippen molar-refractivity contribution in [1.82, 2.24) is 15.2 Å². The monoisotopic (exact) mass is 522 g/mol. The van der Waals surface area contributed by atoms with Crippen molar-refractivity contribution < 1.29 is 19.5 Å². The summed E-state index contributed by atoms with van der Waals surface area (Å²) in [7, 11) is 0. The standard InChI is InChI=1S/C31H30N4O4/c1-4-33-29(36)17-34-30(37)22-9-8-21(26(15-22)25-10-6-19(3)12-27(25)31(38)39)14-23-18-35(5-2)28-13-20(16-32)7-11-24(23)28/h6-13,15,18H,4-5,14,17H2,1-3H3,(H,33,36)(H,34,37)(H,38,39). The zero-order valence-electron chi connectivity index (χ0n) is 22.2. The quantitative estimate of drug-likeness (QED) is 0.295. The topological polar surface area (TPSA) is 124 Å². The fraction of sp³-hybridized carbons (Fsp3) is 0.226. The third-order valence-corrected chi connectivity index (χ3v) is 6.67. The second-order valence-corrected chi connectivity index (χ2v) is 9.32. The fourth-order valence-electron chi connectivity index (χ4n) is 4.76. The van der Waals surface area contributed by atoms with E-state index in [0.29, 0.717) is 35.2 Å². The number of likely N-dealkylation sites (N-methyl/N-ethyl adjacent to an activating group) is 1. The Kier molecular flexibility index (Phi) is 8.11. The van der Waals surface area contributed by atoms with Crippen LogP contribution in [0.5, 0.6) is 0 Å². The lowest BCUT2D eigenvalue weighted by molar-refractivity contribution is -0.120. The summed E-state index contributed by atoms with van der Waals surface area (Å²) in [5.41, 5.74) is 5.82. The van der Waals surface area contributed by atoms with Gasteiger partial charge in [0.05, 0.1) is 23.7 Å². The molecule has 0 aliphatic rings. The summed E-state index contributed by atoms with van der Waals surface area (Å²) < 4.78 is 2.09. The lowest BCUT2D eigenvalue weighted by Crippen LogP contribution is -2.36. The highest BCUT2D eigenvalue weighted by molar-refractivity contribution is 6.00. The van der Waals surface area contributed by atoms with Gasteiger partial charge in [-0.05, 0) is 73.4 Å². The summed E-state index contributed by atoms with van der Waals surface area (Å²) in [5.74, 6) is -1.77. The largest absolute Gasteiger partial charge is 0.478 e. The molecule has 0 atom stereocenters. The number of carboxylic acid groups (broad SMARTS) is 1. The van der Waals surface area contributed by atoms with Crippen molar-refractivity contribution >= 4 is 28.7 Å². The van der Waals surface area contributed by atoms with Crippen molar-refractivity contribution in [1.29, 1.82) is 5.26 Å². The average Bonchev–Trinajstić information content (AvgIpc) is 3.28. The normalized spacial score (nSPS) is 10.7. The average molecular weight is 523 g/mol. The summed E-state index contributed by atoms with van der Waals surface area (Å²) in [6, 6.07) is 18.2. The molecule has 2 amide bonds. The Balaban J connectivity index is 1.82. The number of aromatic nitrogens is 1. The maximum absolute atomic E-state index is 12.9. The third kappa shape index (κ3) is 5.83. The Hall–Kier alpha value is -4.90. The highest BCUT2D eigenvalue weighted by Crippen LogP contribution is 2.33. The minimum Gasteiger partial charge on any atom is -0.478 e. The number of aromatic carboxylic acids is 1. The Morgan fingerprint density at radius 3 is 2.44 bits per heavy atom. The van der Waals surface area contributed by atoms with Crippen molar-refractivity contribution in [3.8, 4) is 17.2 Å². The van der Waals surface area contributed by atoms with Gasteiger partial charge in [-0.15, -0.1) is 0 Å². The van der Waals surface area contributed by atoms with Crippen LogP contribution in [0.4, 0.5) is 0 Å². The van der Waals surface area contributed by atoms with Crippen LogP contribution in [0.3, 0.4) is 0 Å². The van der Waals surface area contributed by atoms with Crippen LogP contribution in [0.1, 0.15) is 56.8 Å². The number of nitrogens with zero attached hydrogens (tertiary/aromatic N) is 2. The molecule has 0 saturated heterocycles. The minimum absolute atomic E-state index is 0.144. The lowest BCUT2D eigenvalue weighted by atomic mass is 9.89. The molecule has 0 fully saturated rings. The maximum atomic E-state index is 12.9. The van der Waals surface area contributed by atoms with E-state index >= 15 is 0 Å². The molecule has 0 spiro atoms. The van der Waals surface area contributed by atoms with E-state index in [9.17, 15) is 24.8 Å². The Morgan fingerprint density at radius 1 is 0.949 bits per heavy atom. The molecule has 8 heteroatoms. The van der Waals surface area contributed by atoms with Crippen LogP contribution in [0, 0.1) is 18.3 Å². The predicted molar refractivity (Wildman–Crippen MR) is 150 cm³/mol. The molecule has 1 heterocycles. The van der Waals surface area contributed by atoms with E-state index in [0.717, 1.165) is 34.1 Å². The number of benzene rings is 3. The van der Waals surface area contributed by atoms with Crippen molar-refractivity contribution in [3.05, 3.63) is 94.2 Å². The summed E-state index contributed by atoms with van der Waals surface area (Å²) in [5, 5.41) is 25.6. The van der Waals surface area contributed by atoms with Gasteiger partial charge >= 0.3 is 5.97 Å². The molecule has 0 bridgehead atoms. The number of hydrogen-bond donors (Lipinski definition) is 3. The zero-order chi connectivity index (χ0) is 28.1. The SMILES string of the molecule is CCNC(=O)CNC(=O)c1ccc(Cc2cn(CC)c3cc(C#N)ccc23)c(-c2ccc(C)cc2C(=O)O)c1. The lowest BCUT2D eigenvalue weighted by Gasteiger charge is -2.15. The highest BCUT2D eigenvalue weighted by atomic mass is 16.4. The van der Waals surface area contributed by atoms with Crippen LogP contribution < -0.4 is 10.6 Å². The zero-order valence-corrected chi connectivity index (χ0v) is 22.2. The van der Waals surface area contributed by atoms with E-state index in [1.54, 1.807) is 37.3 Å². The number of carbonyl (C=O) groups is 3. The summed E-state index contributed by atoms with van der Waals surface area (Å²) in [6.07, 6.45) is 2.54. The van der Waals surface area contributed by atoms with E-state index in [2.05, 4.69) is 27.5 Å². The van der Waals surface area contributed by atoms with Gasteiger partial charge in [0.2, 0.25) is 5.91 Å². The summed E-state index contributed by atoms with van der Waals surface area (Å²) in [6.45, 7) is 6.70. The molecular formula is C31H30N4O4. The minimum atomic E-state index is -1.06. The van der Waals surface area contributed by atoms with Crippen LogP contribution in [-0.2, 0) is 17.8 Å². The van der Waals surface area contributed by atoms with Gasteiger partial charge in [-0.3, -0.25) is 9.59 Å². The number of nitrogens with one attached hydrogen (secondary N) is 2. The van der Waals surface area contributed by atoms with Crippen LogP contribution in [0.2, 0.25) is 0 Å². The molecule has 4 aromatic rings. The van der Waals surface area contributed by atoms with Gasteiger partial charge in [0, 0.05) is 42.2 Å². The number of hydrogen-bond acceptors (Lipinski definition) is 4. The third-order valence-electron chi connectivity index (χ3n) is 6.67. The van der Waals surface area contributed by atoms with E-state index in [1.165, 1.54) is 0 Å². The molecule has 0 aliphatic heterocycles. The van der Waals surface area contributed by atoms with Gasteiger partial charge in [0.25, 0.3) is 5.91 Å². The number of rotatable bonds is 9. The van der Waals surface area contributed by atoms with Crippen LogP contribution in [0.25, 0.3) is 22.0 Å². The van der Waals surface area contributed by atoms with Gasteiger partial charge in [0.15, 0.2) is 0 Å². The maximum Gasteiger partial charge on any atom is 0.336 e. The molecule has 8 nitrogen and oxygen atoms in total. The van der Waals surface area contributed by atoms with Gasteiger partial charge in [0.1, 0.15) is 0 Å². The Morgan fingerprint density at radius 2 is 1.74 bits per heavy atom. The van der Waals surface area contributed by atoms with Crippen molar-refractivity contribution in [2.24, 2.45) is 0 Å². The first kappa shape index (κ1) is 27.1. The summed E-state index contributed by atoms with van der Waals surface area (Å²) in [4.78, 5) is 37.0. The van der Waals surface area contributed by atoms with E-state index < -0.39 is 11.9 Å². The van der Waals surface area contributed by atoms with Crippen molar-refractivity contribution in [3.63, 3.8) is 0 Å². The van der Waals surface area contributed by atoms with Gasteiger partial charge < -0.3 is 20.3 Å². The Bertz CT molecular complexity index is 1630. The van der Waals surface area contributed by atoms with Gasteiger partial charge in [-0.1, -0.05) is 29.8 Å². The predicted octanol–water partition coefficient (Wildman–Crippen LogP) is 4.66. The molecule has 0 saturated carbocycles. The highest BCUT2D eigenvalue weighted by Gasteiger charge is 2.19. The summed E-state index contributed by atoms with van der Waals surface area (Å²) >= 11 is 0.